The SMILES string of the molecule is Cc1ccccc1N1CC[C@@H](O)C1. The first-order valence-corrected chi connectivity index (χ1v) is 4.76. The number of hydrogen-bond donors (Lipinski definition) is 1. The quantitative estimate of drug-likeness (QED) is 0.703. The van der Waals surface area contributed by atoms with Gasteiger partial charge < -0.3 is 10.0 Å². The van der Waals surface area contributed by atoms with Gasteiger partial charge in [0, 0.05) is 18.8 Å². The van der Waals surface area contributed by atoms with Gasteiger partial charge in [-0.05, 0) is 25.0 Å². The molecule has 1 aromatic carbocycles. The molecule has 1 N–H and O–H groups in total. The fraction of sp³-hybridized carbons (Fsp3) is 0.455. The number of anilines is 1. The predicted octanol–water partition coefficient (Wildman–Crippen LogP) is 1.57. The Morgan fingerprint density at radius 1 is 1.38 bits per heavy atom. The topological polar surface area (TPSA) is 23.5 Å². The van der Waals surface area contributed by atoms with E-state index in [9.17, 15) is 5.11 Å². The van der Waals surface area contributed by atoms with Gasteiger partial charge in [0.2, 0.25) is 0 Å². The van der Waals surface area contributed by atoms with Crippen molar-refractivity contribution in [3.63, 3.8) is 0 Å². The number of β-amino-alcohol motifs (C(OH)–C–C–N with tert-alkyl or cyclic N) is 1. The molecular formula is C11H15NO. The maximum Gasteiger partial charge on any atom is 0.0731 e. The van der Waals surface area contributed by atoms with Crippen LogP contribution in [0.4, 0.5) is 5.69 Å². The van der Waals surface area contributed by atoms with E-state index in [2.05, 4.69) is 24.0 Å². The normalized spacial score (nSPS) is 22.3. The second-order valence-electron chi connectivity index (χ2n) is 3.68. The Hall–Kier alpha value is -1.02. The van der Waals surface area contributed by atoms with E-state index < -0.39 is 0 Å². The number of para-hydroxylation sites is 1. The lowest BCUT2D eigenvalue weighted by molar-refractivity contribution is 0.198. The number of aliphatic hydroxyl groups is 1. The predicted molar refractivity (Wildman–Crippen MR) is 54.0 cm³/mol. The summed E-state index contributed by atoms with van der Waals surface area (Å²) in [6.07, 6.45) is 0.758. The van der Waals surface area contributed by atoms with Gasteiger partial charge in [0.05, 0.1) is 6.10 Å². The third-order valence-electron chi connectivity index (χ3n) is 2.62. The van der Waals surface area contributed by atoms with Crippen molar-refractivity contribution in [2.75, 3.05) is 18.0 Å². The molecule has 70 valence electrons. The molecule has 2 rings (SSSR count). The van der Waals surface area contributed by atoms with E-state index >= 15 is 0 Å². The van der Waals surface area contributed by atoms with Crippen molar-refractivity contribution < 1.29 is 5.11 Å². The molecule has 1 fully saturated rings. The van der Waals surface area contributed by atoms with Crippen LogP contribution < -0.4 is 4.90 Å². The monoisotopic (exact) mass is 177 g/mol. The Morgan fingerprint density at radius 3 is 2.77 bits per heavy atom. The summed E-state index contributed by atoms with van der Waals surface area (Å²) in [5.74, 6) is 0. The zero-order valence-electron chi connectivity index (χ0n) is 7.90. The summed E-state index contributed by atoms with van der Waals surface area (Å²) in [5.41, 5.74) is 2.55. The molecule has 1 saturated heterocycles. The lowest BCUT2D eigenvalue weighted by atomic mass is 10.2. The molecule has 0 amide bonds. The zero-order valence-corrected chi connectivity index (χ0v) is 7.90. The Morgan fingerprint density at radius 2 is 2.15 bits per heavy atom. The summed E-state index contributed by atoms with van der Waals surface area (Å²) in [6.45, 7) is 3.87. The van der Waals surface area contributed by atoms with Crippen LogP contribution in [-0.2, 0) is 0 Å². The highest BCUT2D eigenvalue weighted by molar-refractivity contribution is 5.53. The molecule has 0 unspecified atom stereocenters. The highest BCUT2D eigenvalue weighted by atomic mass is 16.3. The third kappa shape index (κ3) is 1.68. The van der Waals surface area contributed by atoms with E-state index in [1.165, 1.54) is 11.3 Å². The fourth-order valence-corrected chi connectivity index (χ4v) is 1.88. The van der Waals surface area contributed by atoms with Gasteiger partial charge in [-0.3, -0.25) is 0 Å². The van der Waals surface area contributed by atoms with Crippen LogP contribution in [0.5, 0.6) is 0 Å². The number of hydrogen-bond acceptors (Lipinski definition) is 2. The van der Waals surface area contributed by atoms with Gasteiger partial charge in [-0.25, -0.2) is 0 Å². The van der Waals surface area contributed by atoms with Crippen LogP contribution in [0.1, 0.15) is 12.0 Å². The van der Waals surface area contributed by atoms with Gasteiger partial charge in [0.1, 0.15) is 0 Å². The van der Waals surface area contributed by atoms with Gasteiger partial charge in [-0.15, -0.1) is 0 Å². The van der Waals surface area contributed by atoms with E-state index in [4.69, 9.17) is 0 Å². The molecule has 0 saturated carbocycles. The molecule has 1 aromatic rings. The molecular weight excluding hydrogens is 162 g/mol. The minimum Gasteiger partial charge on any atom is -0.391 e. The molecule has 1 atom stereocenters. The van der Waals surface area contributed by atoms with E-state index in [1.54, 1.807) is 0 Å². The van der Waals surface area contributed by atoms with Crippen molar-refractivity contribution in [2.45, 2.75) is 19.4 Å². The average Bonchev–Trinajstić information content (AvgIpc) is 2.53. The summed E-state index contributed by atoms with van der Waals surface area (Å²) in [5, 5.41) is 9.41. The number of nitrogens with zero attached hydrogens (tertiary/aromatic N) is 1. The first kappa shape index (κ1) is 8.57. The lowest BCUT2D eigenvalue weighted by Crippen LogP contribution is -2.21. The zero-order chi connectivity index (χ0) is 9.26. The fourth-order valence-electron chi connectivity index (χ4n) is 1.88. The van der Waals surface area contributed by atoms with Crippen LogP contribution in [0.2, 0.25) is 0 Å². The lowest BCUT2D eigenvalue weighted by Gasteiger charge is -2.19. The molecule has 1 aliphatic rings. The van der Waals surface area contributed by atoms with Crippen LogP contribution in [0.3, 0.4) is 0 Å². The van der Waals surface area contributed by atoms with Crippen LogP contribution in [0.15, 0.2) is 24.3 Å². The molecule has 0 bridgehead atoms. The minimum absolute atomic E-state index is 0.139. The molecule has 0 radical (unpaired) electrons. The molecule has 13 heavy (non-hydrogen) atoms. The first-order chi connectivity index (χ1) is 6.27. The van der Waals surface area contributed by atoms with Crippen molar-refractivity contribution in [2.24, 2.45) is 0 Å². The van der Waals surface area contributed by atoms with Gasteiger partial charge in [0.25, 0.3) is 0 Å². The van der Waals surface area contributed by atoms with Gasteiger partial charge in [0.15, 0.2) is 0 Å². The van der Waals surface area contributed by atoms with Gasteiger partial charge in [-0.2, -0.15) is 0 Å². The molecule has 1 aliphatic heterocycles. The standard InChI is InChI=1S/C11H15NO/c1-9-4-2-3-5-11(9)12-7-6-10(13)8-12/h2-5,10,13H,6-8H2,1H3/t10-/m1/s1. The third-order valence-corrected chi connectivity index (χ3v) is 2.62. The Kier molecular flexibility index (Phi) is 2.23. The summed E-state index contributed by atoms with van der Waals surface area (Å²) in [7, 11) is 0. The maximum absolute atomic E-state index is 9.41. The van der Waals surface area contributed by atoms with Crippen LogP contribution >= 0.6 is 0 Å². The second-order valence-corrected chi connectivity index (χ2v) is 3.68. The number of rotatable bonds is 1. The number of aryl methyl sites for hydroxylation is 1. The molecule has 0 aliphatic carbocycles. The number of benzene rings is 1. The Balaban J connectivity index is 2.21. The smallest absolute Gasteiger partial charge is 0.0731 e. The summed E-state index contributed by atoms with van der Waals surface area (Å²) in [4.78, 5) is 2.25. The van der Waals surface area contributed by atoms with E-state index in [0.717, 1.165) is 19.5 Å². The molecule has 2 nitrogen and oxygen atoms in total. The largest absolute Gasteiger partial charge is 0.391 e. The van der Waals surface area contributed by atoms with Gasteiger partial charge >= 0.3 is 0 Å². The van der Waals surface area contributed by atoms with Crippen molar-refractivity contribution in [3.05, 3.63) is 29.8 Å². The first-order valence-electron chi connectivity index (χ1n) is 4.76. The van der Waals surface area contributed by atoms with E-state index in [1.807, 2.05) is 12.1 Å². The summed E-state index contributed by atoms with van der Waals surface area (Å²) in [6, 6.07) is 8.33. The van der Waals surface area contributed by atoms with Crippen molar-refractivity contribution in [3.8, 4) is 0 Å². The Labute approximate surface area is 78.8 Å². The van der Waals surface area contributed by atoms with Crippen LogP contribution in [0, 0.1) is 6.92 Å². The van der Waals surface area contributed by atoms with E-state index in [-0.39, 0.29) is 6.10 Å². The van der Waals surface area contributed by atoms with E-state index in [0.29, 0.717) is 0 Å². The maximum atomic E-state index is 9.41. The molecule has 1 heterocycles. The molecule has 0 spiro atoms. The van der Waals surface area contributed by atoms with Crippen molar-refractivity contribution >= 4 is 5.69 Å². The molecule has 2 heteroatoms. The second kappa shape index (κ2) is 3.38. The number of aliphatic hydroxyl groups excluding tert-OH is 1. The van der Waals surface area contributed by atoms with Gasteiger partial charge in [-0.1, -0.05) is 18.2 Å². The molecule has 0 aromatic heterocycles. The minimum atomic E-state index is -0.139. The van der Waals surface area contributed by atoms with Crippen molar-refractivity contribution in [1.29, 1.82) is 0 Å². The highest BCUT2D eigenvalue weighted by Crippen LogP contribution is 2.23. The highest BCUT2D eigenvalue weighted by Gasteiger charge is 2.20. The average molecular weight is 177 g/mol. The van der Waals surface area contributed by atoms with Crippen LogP contribution in [-0.4, -0.2) is 24.3 Å². The summed E-state index contributed by atoms with van der Waals surface area (Å²) >= 11 is 0. The Bertz CT molecular complexity index is 298. The summed E-state index contributed by atoms with van der Waals surface area (Å²) < 4.78 is 0. The van der Waals surface area contributed by atoms with Crippen LogP contribution in [0.25, 0.3) is 0 Å². The van der Waals surface area contributed by atoms with Crippen molar-refractivity contribution in [1.82, 2.24) is 0 Å².